The van der Waals surface area contributed by atoms with Crippen LogP contribution in [-0.4, -0.2) is 26.4 Å². The molecular weight excluding hydrogens is 392 g/mol. The van der Waals surface area contributed by atoms with E-state index in [0.29, 0.717) is 11.8 Å². The van der Waals surface area contributed by atoms with Gasteiger partial charge in [-0.15, -0.1) is 10.2 Å². The number of hydrogen-bond acceptors (Lipinski definition) is 4. The summed E-state index contributed by atoms with van der Waals surface area (Å²) in [5.74, 6) is 1.72. The number of nitrogens with zero attached hydrogens (tertiary/aromatic N) is 3. The molecule has 0 aliphatic carbocycles. The Hall–Kier alpha value is -2.60. The van der Waals surface area contributed by atoms with E-state index in [-0.39, 0.29) is 11.7 Å². The molecule has 6 heteroatoms. The van der Waals surface area contributed by atoms with Crippen LogP contribution in [0.2, 0.25) is 0 Å². The zero-order valence-electron chi connectivity index (χ0n) is 18.6. The molecule has 0 unspecified atom stereocenters. The van der Waals surface area contributed by atoms with Crippen LogP contribution in [0.4, 0.5) is 5.69 Å². The molecule has 0 saturated heterocycles. The Morgan fingerprint density at radius 2 is 1.60 bits per heavy atom. The highest BCUT2D eigenvalue weighted by Gasteiger charge is 2.17. The van der Waals surface area contributed by atoms with Gasteiger partial charge < -0.3 is 9.88 Å². The number of carbonyl (C=O) groups is 1. The Morgan fingerprint density at radius 1 is 1.00 bits per heavy atom. The van der Waals surface area contributed by atoms with Gasteiger partial charge in [0.25, 0.3) is 0 Å². The summed E-state index contributed by atoms with van der Waals surface area (Å²) in [5, 5.41) is 12.5. The maximum atomic E-state index is 12.8. The monoisotopic (exact) mass is 422 g/mol. The molecule has 1 amide bonds. The van der Waals surface area contributed by atoms with E-state index in [2.05, 4.69) is 80.5 Å². The summed E-state index contributed by atoms with van der Waals surface area (Å²) >= 11 is 1.40. The lowest BCUT2D eigenvalue weighted by atomic mass is 9.92. The number of aromatic nitrogens is 3. The molecule has 2 aromatic carbocycles. The van der Waals surface area contributed by atoms with E-state index in [4.69, 9.17) is 0 Å². The van der Waals surface area contributed by atoms with Crippen molar-refractivity contribution in [1.82, 2.24) is 14.8 Å². The van der Waals surface area contributed by atoms with Gasteiger partial charge in [-0.1, -0.05) is 87.5 Å². The molecule has 0 spiro atoms. The van der Waals surface area contributed by atoms with Gasteiger partial charge in [0.15, 0.2) is 11.0 Å². The molecule has 3 rings (SSSR count). The van der Waals surface area contributed by atoms with Crippen molar-refractivity contribution in [3.63, 3.8) is 0 Å². The van der Waals surface area contributed by atoms with Crippen LogP contribution in [0.5, 0.6) is 0 Å². The molecule has 0 aliphatic rings. The Balaban J connectivity index is 1.73. The van der Waals surface area contributed by atoms with Gasteiger partial charge in [0.05, 0.1) is 5.75 Å². The predicted octanol–water partition coefficient (Wildman–Crippen LogP) is 5.77. The number of amides is 1. The molecular formula is C24H30N4OS. The standard InChI is InChI=1S/C24H30N4OS/c1-15(2)19-8-7-9-20(16(3)4)22(19)25-21(29)14-30-24-27-26-23(28(24)6)18-12-10-17(5)11-13-18/h7-13,15-16H,14H2,1-6H3,(H,25,29). The summed E-state index contributed by atoms with van der Waals surface area (Å²) in [4.78, 5) is 12.8. The Kier molecular flexibility index (Phi) is 6.98. The van der Waals surface area contributed by atoms with Crippen molar-refractivity contribution in [1.29, 1.82) is 0 Å². The fourth-order valence-electron chi connectivity index (χ4n) is 3.40. The number of thioether (sulfide) groups is 1. The van der Waals surface area contributed by atoms with Gasteiger partial charge in [-0.2, -0.15) is 0 Å². The first-order chi connectivity index (χ1) is 14.3. The van der Waals surface area contributed by atoms with E-state index in [1.54, 1.807) is 0 Å². The van der Waals surface area contributed by atoms with Crippen molar-refractivity contribution in [3.8, 4) is 11.4 Å². The quantitative estimate of drug-likeness (QED) is 0.491. The SMILES string of the molecule is Cc1ccc(-c2nnc(SCC(=O)Nc3c(C(C)C)cccc3C(C)C)n2C)cc1. The largest absolute Gasteiger partial charge is 0.325 e. The fraction of sp³-hybridized carbons (Fsp3) is 0.375. The minimum atomic E-state index is -0.0325. The first-order valence-corrected chi connectivity index (χ1v) is 11.3. The van der Waals surface area contributed by atoms with E-state index < -0.39 is 0 Å². The normalized spacial score (nSPS) is 11.3. The second kappa shape index (κ2) is 9.47. The van der Waals surface area contributed by atoms with Gasteiger partial charge in [-0.3, -0.25) is 4.79 Å². The molecule has 0 bridgehead atoms. The number of aryl methyl sites for hydroxylation is 1. The van der Waals surface area contributed by atoms with E-state index in [0.717, 1.165) is 22.2 Å². The van der Waals surface area contributed by atoms with E-state index in [1.807, 2.05) is 23.7 Å². The number of hydrogen-bond donors (Lipinski definition) is 1. The average Bonchev–Trinajstić information content (AvgIpc) is 3.07. The molecule has 1 N–H and O–H groups in total. The van der Waals surface area contributed by atoms with Crippen LogP contribution >= 0.6 is 11.8 Å². The Morgan fingerprint density at radius 3 is 2.17 bits per heavy atom. The molecule has 0 fully saturated rings. The first kappa shape index (κ1) is 22.1. The van der Waals surface area contributed by atoms with Gasteiger partial charge in [0.1, 0.15) is 0 Å². The summed E-state index contributed by atoms with van der Waals surface area (Å²) < 4.78 is 1.93. The number of anilines is 1. The zero-order chi connectivity index (χ0) is 21.8. The lowest BCUT2D eigenvalue weighted by molar-refractivity contribution is -0.113. The summed E-state index contributed by atoms with van der Waals surface area (Å²) in [7, 11) is 1.93. The second-order valence-electron chi connectivity index (χ2n) is 8.19. The third-order valence-corrected chi connectivity index (χ3v) is 6.13. The number of nitrogens with one attached hydrogen (secondary N) is 1. The smallest absolute Gasteiger partial charge is 0.234 e. The summed E-state index contributed by atoms with van der Waals surface area (Å²) in [6.07, 6.45) is 0. The third kappa shape index (κ3) is 4.93. The van der Waals surface area contributed by atoms with Crippen LogP contribution in [0.25, 0.3) is 11.4 Å². The Bertz CT molecular complexity index is 996. The molecule has 30 heavy (non-hydrogen) atoms. The van der Waals surface area contributed by atoms with Gasteiger partial charge in [0.2, 0.25) is 5.91 Å². The van der Waals surface area contributed by atoms with Crippen LogP contribution < -0.4 is 5.32 Å². The number of para-hydroxylation sites is 1. The number of rotatable bonds is 7. The van der Waals surface area contributed by atoms with Crippen molar-refractivity contribution < 1.29 is 4.79 Å². The molecule has 5 nitrogen and oxygen atoms in total. The number of benzene rings is 2. The maximum Gasteiger partial charge on any atom is 0.234 e. The highest BCUT2D eigenvalue weighted by Crippen LogP contribution is 2.32. The molecule has 1 heterocycles. The average molecular weight is 423 g/mol. The van der Waals surface area contributed by atoms with E-state index >= 15 is 0 Å². The van der Waals surface area contributed by atoms with Crippen molar-refractivity contribution in [2.24, 2.45) is 7.05 Å². The minimum absolute atomic E-state index is 0.0325. The van der Waals surface area contributed by atoms with Crippen LogP contribution in [0.3, 0.4) is 0 Å². The molecule has 0 saturated carbocycles. The highest BCUT2D eigenvalue weighted by molar-refractivity contribution is 7.99. The first-order valence-electron chi connectivity index (χ1n) is 10.3. The van der Waals surface area contributed by atoms with Crippen molar-refractivity contribution in [2.45, 2.75) is 51.6 Å². The zero-order valence-corrected chi connectivity index (χ0v) is 19.4. The Labute approximate surface area is 183 Å². The summed E-state index contributed by atoms with van der Waals surface area (Å²) in [6, 6.07) is 14.5. The molecule has 0 aliphatic heterocycles. The van der Waals surface area contributed by atoms with E-state index in [1.165, 1.54) is 28.5 Å². The molecule has 0 radical (unpaired) electrons. The second-order valence-corrected chi connectivity index (χ2v) is 9.13. The fourth-order valence-corrected chi connectivity index (χ4v) is 4.11. The van der Waals surface area contributed by atoms with Crippen LogP contribution in [0, 0.1) is 6.92 Å². The molecule has 0 atom stereocenters. The minimum Gasteiger partial charge on any atom is -0.325 e. The maximum absolute atomic E-state index is 12.8. The summed E-state index contributed by atoms with van der Waals surface area (Å²) in [5.41, 5.74) is 5.50. The van der Waals surface area contributed by atoms with Crippen LogP contribution in [0.15, 0.2) is 47.6 Å². The lowest BCUT2D eigenvalue weighted by Crippen LogP contribution is -2.18. The van der Waals surface area contributed by atoms with E-state index in [9.17, 15) is 4.79 Å². The van der Waals surface area contributed by atoms with Gasteiger partial charge in [0, 0.05) is 18.3 Å². The predicted molar refractivity (Wildman–Crippen MR) is 125 cm³/mol. The van der Waals surface area contributed by atoms with Crippen molar-refractivity contribution in [2.75, 3.05) is 11.1 Å². The van der Waals surface area contributed by atoms with Gasteiger partial charge >= 0.3 is 0 Å². The number of carbonyl (C=O) groups excluding carboxylic acids is 1. The van der Waals surface area contributed by atoms with Gasteiger partial charge in [-0.25, -0.2) is 0 Å². The van der Waals surface area contributed by atoms with Crippen LogP contribution in [-0.2, 0) is 11.8 Å². The molecule has 3 aromatic rings. The molecule has 158 valence electrons. The van der Waals surface area contributed by atoms with Crippen molar-refractivity contribution in [3.05, 3.63) is 59.2 Å². The van der Waals surface area contributed by atoms with Crippen LogP contribution in [0.1, 0.15) is 56.2 Å². The molecule has 1 aromatic heterocycles. The van der Waals surface area contributed by atoms with Gasteiger partial charge in [-0.05, 0) is 29.9 Å². The lowest BCUT2D eigenvalue weighted by Gasteiger charge is -2.20. The third-order valence-electron chi connectivity index (χ3n) is 5.11. The summed E-state index contributed by atoms with van der Waals surface area (Å²) in [6.45, 7) is 10.7. The highest BCUT2D eigenvalue weighted by atomic mass is 32.2. The topological polar surface area (TPSA) is 59.8 Å². The van der Waals surface area contributed by atoms with Crippen molar-refractivity contribution >= 4 is 23.4 Å².